The average molecular weight is 337 g/mol. The molecule has 1 aromatic heterocycles. The van der Waals surface area contributed by atoms with E-state index in [1.54, 1.807) is 20.9 Å². The quantitative estimate of drug-likeness (QED) is 0.408. The lowest BCUT2D eigenvalue weighted by atomic mass is 9.71. The Morgan fingerprint density at radius 1 is 0.739 bits per heavy atom. The highest BCUT2D eigenvalue weighted by Gasteiger charge is 2.36. The van der Waals surface area contributed by atoms with Gasteiger partial charge in [-0.3, -0.25) is 0 Å². The highest BCUT2D eigenvalue weighted by molar-refractivity contribution is 7.12. The summed E-state index contributed by atoms with van der Waals surface area (Å²) in [6, 6.07) is 0. The Balaban J connectivity index is 3.60. The molecule has 0 saturated heterocycles. The van der Waals surface area contributed by atoms with Gasteiger partial charge in [0.2, 0.25) is 0 Å². The highest BCUT2D eigenvalue weighted by Crippen LogP contribution is 2.48. The number of hydrogen-bond donors (Lipinski definition) is 0. The van der Waals surface area contributed by atoms with E-state index in [0.717, 1.165) is 0 Å². The van der Waals surface area contributed by atoms with Crippen LogP contribution in [0.1, 0.15) is 115 Å². The second kappa shape index (κ2) is 8.70. The van der Waals surface area contributed by atoms with Gasteiger partial charge in [-0.05, 0) is 55.1 Å². The number of thiophene rings is 1. The van der Waals surface area contributed by atoms with Crippen LogP contribution in [-0.4, -0.2) is 0 Å². The summed E-state index contributed by atoms with van der Waals surface area (Å²) in [7, 11) is 0. The molecule has 0 bridgehead atoms. The number of rotatable bonds is 10. The van der Waals surface area contributed by atoms with E-state index in [9.17, 15) is 0 Å². The first-order valence-electron chi connectivity index (χ1n) is 10.0. The molecule has 0 N–H and O–H groups in total. The van der Waals surface area contributed by atoms with Gasteiger partial charge in [-0.1, -0.05) is 68.2 Å². The molecule has 0 aromatic carbocycles. The number of hydrogen-bond acceptors (Lipinski definition) is 1. The summed E-state index contributed by atoms with van der Waals surface area (Å²) in [4.78, 5) is 3.39. The topological polar surface area (TPSA) is 0 Å². The van der Waals surface area contributed by atoms with Gasteiger partial charge in [0.25, 0.3) is 0 Å². The summed E-state index contributed by atoms with van der Waals surface area (Å²) in [6.45, 7) is 19.2. The van der Waals surface area contributed by atoms with Crippen molar-refractivity contribution in [2.45, 2.75) is 118 Å². The maximum atomic E-state index is 2.52. The van der Waals surface area contributed by atoms with Crippen molar-refractivity contribution in [2.24, 2.45) is 0 Å². The van der Waals surface area contributed by atoms with E-state index in [4.69, 9.17) is 0 Å². The van der Waals surface area contributed by atoms with E-state index in [1.165, 1.54) is 51.4 Å². The Morgan fingerprint density at radius 3 is 1.65 bits per heavy atom. The third-order valence-electron chi connectivity index (χ3n) is 6.07. The maximum absolute atomic E-state index is 2.52. The summed E-state index contributed by atoms with van der Waals surface area (Å²) >= 11 is 2.15. The Hall–Kier alpha value is -0.300. The van der Waals surface area contributed by atoms with Crippen LogP contribution in [0.5, 0.6) is 0 Å². The summed E-state index contributed by atoms with van der Waals surface area (Å²) in [5, 5.41) is 0. The molecule has 0 amide bonds. The van der Waals surface area contributed by atoms with Gasteiger partial charge < -0.3 is 0 Å². The van der Waals surface area contributed by atoms with Gasteiger partial charge >= 0.3 is 0 Å². The Kier molecular flexibility index (Phi) is 7.84. The third kappa shape index (κ3) is 4.03. The van der Waals surface area contributed by atoms with E-state index < -0.39 is 0 Å². The molecule has 0 nitrogen and oxygen atoms in total. The fourth-order valence-electron chi connectivity index (χ4n) is 4.33. The van der Waals surface area contributed by atoms with Gasteiger partial charge in [0.05, 0.1) is 0 Å². The molecule has 2 unspecified atom stereocenters. The molecular weight excluding hydrogens is 296 g/mol. The molecule has 0 spiro atoms. The molecule has 0 aliphatic rings. The molecule has 1 rings (SSSR count). The molecule has 2 atom stereocenters. The molecule has 1 heterocycles. The third-order valence-corrected chi connectivity index (χ3v) is 7.75. The van der Waals surface area contributed by atoms with Gasteiger partial charge in [-0.25, -0.2) is 0 Å². The Labute approximate surface area is 150 Å². The van der Waals surface area contributed by atoms with Gasteiger partial charge in [0.15, 0.2) is 0 Å². The molecule has 1 aromatic rings. The van der Waals surface area contributed by atoms with Gasteiger partial charge in [0, 0.05) is 15.2 Å². The van der Waals surface area contributed by atoms with Crippen LogP contribution in [0.25, 0.3) is 0 Å². The van der Waals surface area contributed by atoms with Crippen molar-refractivity contribution < 1.29 is 0 Å². The summed E-state index contributed by atoms with van der Waals surface area (Å²) < 4.78 is 0. The molecule has 0 radical (unpaired) electrons. The molecule has 134 valence electrons. The SMILES string of the molecule is CCCC(C)(CC)c1sc(CC)c(C(C)(CC)CCC)c1CC. The molecule has 0 aliphatic carbocycles. The zero-order valence-corrected chi connectivity index (χ0v) is 17.9. The molecule has 23 heavy (non-hydrogen) atoms. The second-order valence-electron chi connectivity index (χ2n) is 7.74. The van der Waals surface area contributed by atoms with Crippen molar-refractivity contribution in [1.82, 2.24) is 0 Å². The van der Waals surface area contributed by atoms with E-state index in [-0.39, 0.29) is 0 Å². The predicted molar refractivity (Wildman–Crippen MR) is 108 cm³/mol. The first-order valence-corrected chi connectivity index (χ1v) is 10.8. The van der Waals surface area contributed by atoms with Gasteiger partial charge in [-0.15, -0.1) is 11.3 Å². The number of aryl methyl sites for hydroxylation is 1. The summed E-state index contributed by atoms with van der Waals surface area (Å²) in [5.41, 5.74) is 4.18. The van der Waals surface area contributed by atoms with Gasteiger partial charge in [-0.2, -0.15) is 0 Å². The van der Waals surface area contributed by atoms with Crippen LogP contribution in [-0.2, 0) is 23.7 Å². The van der Waals surface area contributed by atoms with Gasteiger partial charge in [0.1, 0.15) is 0 Å². The molecule has 0 saturated carbocycles. The molecule has 0 fully saturated rings. The van der Waals surface area contributed by atoms with Crippen LogP contribution in [0.3, 0.4) is 0 Å². The molecular formula is C22H40S. The van der Waals surface area contributed by atoms with E-state index in [2.05, 4.69) is 66.7 Å². The van der Waals surface area contributed by atoms with Crippen molar-refractivity contribution in [2.75, 3.05) is 0 Å². The Bertz CT molecular complexity index is 484. The largest absolute Gasteiger partial charge is 0.144 e. The lowest BCUT2D eigenvalue weighted by Crippen LogP contribution is -2.25. The smallest absolute Gasteiger partial charge is 0.0142 e. The first-order chi connectivity index (χ1) is 10.9. The minimum absolute atomic E-state index is 0.362. The van der Waals surface area contributed by atoms with Crippen LogP contribution >= 0.6 is 11.3 Å². The highest BCUT2D eigenvalue weighted by atomic mass is 32.1. The van der Waals surface area contributed by atoms with E-state index >= 15 is 0 Å². The average Bonchev–Trinajstić information content (AvgIpc) is 2.95. The van der Waals surface area contributed by atoms with Crippen LogP contribution in [0.15, 0.2) is 0 Å². The monoisotopic (exact) mass is 336 g/mol. The minimum Gasteiger partial charge on any atom is -0.144 e. The van der Waals surface area contributed by atoms with Crippen LogP contribution in [0.4, 0.5) is 0 Å². The van der Waals surface area contributed by atoms with Crippen molar-refractivity contribution in [3.63, 3.8) is 0 Å². The standard InChI is InChI=1S/C22H40S/c1-9-15-21(7,13-5)19-17(11-3)20(23-18(19)12-4)22(8,14-6)16-10-2/h9-16H2,1-8H3. The van der Waals surface area contributed by atoms with Crippen molar-refractivity contribution in [3.05, 3.63) is 20.9 Å². The van der Waals surface area contributed by atoms with Crippen LogP contribution in [0.2, 0.25) is 0 Å². The predicted octanol–water partition coefficient (Wildman–Crippen LogP) is 7.81. The lowest BCUT2D eigenvalue weighted by molar-refractivity contribution is 0.400. The Morgan fingerprint density at radius 2 is 1.26 bits per heavy atom. The normalized spacial score (nSPS) is 17.0. The lowest BCUT2D eigenvalue weighted by Gasteiger charge is -2.32. The van der Waals surface area contributed by atoms with Crippen molar-refractivity contribution in [3.8, 4) is 0 Å². The van der Waals surface area contributed by atoms with Crippen LogP contribution in [0, 0.1) is 0 Å². The van der Waals surface area contributed by atoms with Crippen molar-refractivity contribution >= 4 is 11.3 Å². The summed E-state index contributed by atoms with van der Waals surface area (Å²) in [5.74, 6) is 0. The summed E-state index contributed by atoms with van der Waals surface area (Å²) in [6.07, 6.45) is 10.1. The van der Waals surface area contributed by atoms with E-state index in [1.807, 2.05) is 0 Å². The van der Waals surface area contributed by atoms with Crippen LogP contribution < -0.4 is 0 Å². The molecule has 0 aliphatic heterocycles. The van der Waals surface area contributed by atoms with Crippen molar-refractivity contribution in [1.29, 1.82) is 0 Å². The fourth-order valence-corrected chi connectivity index (χ4v) is 6.05. The zero-order valence-electron chi connectivity index (χ0n) is 17.1. The maximum Gasteiger partial charge on any atom is 0.0142 e. The minimum atomic E-state index is 0.362. The zero-order chi connectivity index (χ0) is 17.7. The first kappa shape index (κ1) is 20.7. The second-order valence-corrected chi connectivity index (χ2v) is 8.85. The fraction of sp³-hybridized carbons (Fsp3) is 0.818. The molecule has 1 heteroatoms. The van der Waals surface area contributed by atoms with E-state index in [0.29, 0.717) is 10.8 Å².